The zero-order valence-corrected chi connectivity index (χ0v) is 17.2. The summed E-state index contributed by atoms with van der Waals surface area (Å²) in [5, 5.41) is 12.4. The van der Waals surface area contributed by atoms with E-state index in [-0.39, 0.29) is 10.8 Å². The summed E-state index contributed by atoms with van der Waals surface area (Å²) < 4.78 is 7.07. The Morgan fingerprint density at radius 1 is 0.917 bits per heavy atom. The van der Waals surface area contributed by atoms with Crippen molar-refractivity contribution >= 4 is 6.21 Å². The maximum absolute atomic E-state index is 12.4. The first kappa shape index (κ1) is 20.5. The Balaban J connectivity index is 3.72. The Kier molecular flexibility index (Phi) is 5.80. The topological polar surface area (TPSA) is 35.3 Å². The van der Waals surface area contributed by atoms with Crippen LogP contribution in [-0.2, 0) is 10.8 Å². The van der Waals surface area contributed by atoms with E-state index in [1.807, 2.05) is 27.7 Å². The molecule has 0 aliphatic carbocycles. The fourth-order valence-corrected chi connectivity index (χ4v) is 2.47. The second-order valence-corrected chi connectivity index (χ2v) is 9.50. The number of hydrogen-bond donors (Lipinski definition) is 0. The Labute approximate surface area is 148 Å². The highest BCUT2D eigenvalue weighted by molar-refractivity contribution is 5.78. The standard InChI is InChI=1S/C21H35NO2/c1-11-24-18-16(19(2,3)4)12-15(13-17(18)20(5,6)7)14-22(23)21(8,9)10/h12-14H,11H2,1-10H3. The molecule has 136 valence electrons. The lowest BCUT2D eigenvalue weighted by Gasteiger charge is -2.30. The first-order valence-corrected chi connectivity index (χ1v) is 8.81. The SMILES string of the molecule is CCOc1c(C(C)(C)C)cc(C=[N+]([O-])C(C)(C)C)cc1C(C)(C)C. The van der Waals surface area contributed by atoms with Gasteiger partial charge in [0.15, 0.2) is 11.8 Å². The van der Waals surface area contributed by atoms with Crippen molar-refractivity contribution in [1.29, 1.82) is 0 Å². The third-order valence-corrected chi connectivity index (χ3v) is 3.94. The molecule has 0 saturated heterocycles. The molecule has 3 heteroatoms. The van der Waals surface area contributed by atoms with E-state index < -0.39 is 5.54 Å². The van der Waals surface area contributed by atoms with E-state index in [1.54, 1.807) is 6.21 Å². The predicted octanol–water partition coefficient (Wildman–Crippen LogP) is 5.41. The lowest BCUT2D eigenvalue weighted by molar-refractivity contribution is -0.530. The Hall–Kier alpha value is -1.51. The van der Waals surface area contributed by atoms with Gasteiger partial charge in [-0.05, 0) is 29.9 Å². The van der Waals surface area contributed by atoms with Crippen molar-refractivity contribution in [2.75, 3.05) is 6.61 Å². The number of hydroxylamine groups is 1. The summed E-state index contributed by atoms with van der Waals surface area (Å²) in [6.07, 6.45) is 1.69. The molecule has 0 unspecified atom stereocenters. The Morgan fingerprint density at radius 2 is 1.33 bits per heavy atom. The highest BCUT2D eigenvalue weighted by Gasteiger charge is 2.28. The molecule has 1 rings (SSSR count). The third-order valence-electron chi connectivity index (χ3n) is 3.94. The lowest BCUT2D eigenvalue weighted by Crippen LogP contribution is -2.29. The minimum absolute atomic E-state index is 0.0657. The maximum Gasteiger partial charge on any atom is 0.182 e. The molecule has 0 bridgehead atoms. The minimum Gasteiger partial charge on any atom is -0.623 e. The van der Waals surface area contributed by atoms with Gasteiger partial charge in [0, 0.05) is 37.5 Å². The van der Waals surface area contributed by atoms with Crippen LogP contribution in [0.1, 0.15) is 85.9 Å². The maximum atomic E-state index is 12.4. The fourth-order valence-electron chi connectivity index (χ4n) is 2.47. The second-order valence-electron chi connectivity index (χ2n) is 9.50. The van der Waals surface area contributed by atoms with Crippen molar-refractivity contribution in [2.45, 2.75) is 85.6 Å². The zero-order valence-electron chi connectivity index (χ0n) is 17.2. The fraction of sp³-hybridized carbons (Fsp3) is 0.667. The van der Waals surface area contributed by atoms with Gasteiger partial charge in [-0.2, -0.15) is 0 Å². The van der Waals surface area contributed by atoms with Crippen LogP contribution >= 0.6 is 0 Å². The minimum atomic E-state index is -0.456. The molecular formula is C21H35NO2. The number of hydrogen-bond acceptors (Lipinski definition) is 2. The molecule has 0 aliphatic rings. The van der Waals surface area contributed by atoms with Gasteiger partial charge in [-0.25, -0.2) is 4.74 Å². The van der Waals surface area contributed by atoms with Crippen LogP contribution in [0.3, 0.4) is 0 Å². The molecule has 0 spiro atoms. The molecule has 0 N–H and O–H groups in total. The van der Waals surface area contributed by atoms with E-state index in [1.165, 1.54) is 0 Å². The molecule has 0 radical (unpaired) electrons. The summed E-state index contributed by atoms with van der Waals surface area (Å²) in [6, 6.07) is 4.19. The largest absolute Gasteiger partial charge is 0.623 e. The van der Waals surface area contributed by atoms with Crippen LogP contribution in [-0.4, -0.2) is 23.1 Å². The van der Waals surface area contributed by atoms with Gasteiger partial charge in [0.2, 0.25) is 0 Å². The van der Waals surface area contributed by atoms with E-state index in [0.717, 1.165) is 27.2 Å². The molecular weight excluding hydrogens is 298 g/mol. The Morgan fingerprint density at radius 3 is 1.62 bits per heavy atom. The van der Waals surface area contributed by atoms with Crippen molar-refractivity contribution in [3.05, 3.63) is 34.0 Å². The van der Waals surface area contributed by atoms with Gasteiger partial charge in [-0.15, -0.1) is 0 Å². The monoisotopic (exact) mass is 333 g/mol. The van der Waals surface area contributed by atoms with E-state index in [2.05, 4.69) is 53.7 Å². The van der Waals surface area contributed by atoms with Crippen molar-refractivity contribution in [1.82, 2.24) is 0 Å². The normalized spacial score (nSPS) is 14.0. The number of ether oxygens (including phenoxy) is 1. The highest BCUT2D eigenvalue weighted by Crippen LogP contribution is 2.40. The van der Waals surface area contributed by atoms with Crippen LogP contribution in [0.2, 0.25) is 0 Å². The molecule has 1 aromatic carbocycles. The van der Waals surface area contributed by atoms with Crippen LogP contribution in [0.5, 0.6) is 5.75 Å². The Bertz CT molecular complexity index is 573. The molecule has 0 amide bonds. The quantitative estimate of drug-likeness (QED) is 0.321. The molecule has 0 atom stereocenters. The van der Waals surface area contributed by atoms with Gasteiger partial charge in [-0.3, -0.25) is 0 Å². The lowest BCUT2D eigenvalue weighted by atomic mass is 9.78. The van der Waals surface area contributed by atoms with Gasteiger partial charge in [0.25, 0.3) is 0 Å². The second kappa shape index (κ2) is 6.78. The molecule has 0 heterocycles. The summed E-state index contributed by atoms with van der Waals surface area (Å²) in [5.74, 6) is 0.961. The van der Waals surface area contributed by atoms with Gasteiger partial charge in [0.05, 0.1) is 6.61 Å². The number of nitrogens with zero attached hydrogens (tertiary/aromatic N) is 1. The van der Waals surface area contributed by atoms with Crippen molar-refractivity contribution < 1.29 is 9.48 Å². The summed E-state index contributed by atoms with van der Waals surface area (Å²) in [4.78, 5) is 0. The number of rotatable bonds is 3. The van der Waals surface area contributed by atoms with Crippen LogP contribution in [0.25, 0.3) is 0 Å². The molecule has 0 saturated carbocycles. The van der Waals surface area contributed by atoms with Crippen molar-refractivity contribution in [3.8, 4) is 5.75 Å². The predicted molar refractivity (Wildman–Crippen MR) is 104 cm³/mol. The smallest absolute Gasteiger partial charge is 0.182 e. The van der Waals surface area contributed by atoms with E-state index >= 15 is 0 Å². The van der Waals surface area contributed by atoms with Crippen LogP contribution < -0.4 is 4.74 Å². The van der Waals surface area contributed by atoms with Gasteiger partial charge < -0.3 is 9.94 Å². The summed E-state index contributed by atoms with van der Waals surface area (Å²) in [7, 11) is 0. The summed E-state index contributed by atoms with van der Waals surface area (Å²) >= 11 is 0. The zero-order chi connectivity index (χ0) is 18.9. The van der Waals surface area contributed by atoms with Gasteiger partial charge in [0.1, 0.15) is 5.75 Å². The molecule has 0 aromatic heterocycles. The average molecular weight is 334 g/mol. The molecule has 3 nitrogen and oxygen atoms in total. The first-order valence-electron chi connectivity index (χ1n) is 8.81. The molecule has 0 aliphatic heterocycles. The average Bonchev–Trinajstić information content (AvgIpc) is 2.36. The van der Waals surface area contributed by atoms with E-state index in [9.17, 15) is 5.21 Å². The van der Waals surface area contributed by atoms with E-state index in [4.69, 9.17) is 4.74 Å². The van der Waals surface area contributed by atoms with E-state index in [0.29, 0.717) is 6.61 Å². The molecule has 1 aromatic rings. The summed E-state index contributed by atoms with van der Waals surface area (Å²) in [5.41, 5.74) is 2.63. The first-order chi connectivity index (χ1) is 10.7. The summed E-state index contributed by atoms with van der Waals surface area (Å²) in [6.45, 7) is 21.5. The van der Waals surface area contributed by atoms with Crippen molar-refractivity contribution in [2.24, 2.45) is 0 Å². The van der Waals surface area contributed by atoms with Crippen LogP contribution in [0.4, 0.5) is 0 Å². The van der Waals surface area contributed by atoms with Crippen molar-refractivity contribution in [3.63, 3.8) is 0 Å². The highest BCUT2D eigenvalue weighted by atomic mass is 16.5. The molecule has 24 heavy (non-hydrogen) atoms. The van der Waals surface area contributed by atoms with Crippen LogP contribution in [0, 0.1) is 5.21 Å². The molecule has 0 fully saturated rings. The third kappa shape index (κ3) is 4.99. The number of benzene rings is 1. The van der Waals surface area contributed by atoms with Gasteiger partial charge in [-0.1, -0.05) is 41.5 Å². The van der Waals surface area contributed by atoms with Crippen LogP contribution in [0.15, 0.2) is 12.1 Å². The van der Waals surface area contributed by atoms with Gasteiger partial charge >= 0.3 is 0 Å².